The van der Waals surface area contributed by atoms with Crippen LogP contribution in [0.1, 0.15) is 28.0 Å². The molecule has 0 radical (unpaired) electrons. The van der Waals surface area contributed by atoms with Crippen molar-refractivity contribution in [3.05, 3.63) is 50.0 Å². The number of nitro benzene ring substituents is 1. The number of thiazole rings is 1. The summed E-state index contributed by atoms with van der Waals surface area (Å²) in [5.74, 6) is -0.604. The van der Waals surface area contributed by atoms with Crippen LogP contribution in [0.5, 0.6) is 0 Å². The van der Waals surface area contributed by atoms with Crippen molar-refractivity contribution in [1.29, 1.82) is 0 Å². The molecule has 0 amide bonds. The zero-order chi connectivity index (χ0) is 18.5. The Kier molecular flexibility index (Phi) is 5.79. The minimum atomic E-state index is -0.604. The Bertz CT molecular complexity index is 801. The molecule has 3 rings (SSSR count). The van der Waals surface area contributed by atoms with Gasteiger partial charge in [-0.15, -0.1) is 11.3 Å². The molecule has 2 heterocycles. The van der Waals surface area contributed by atoms with Gasteiger partial charge in [-0.1, -0.05) is 6.92 Å². The van der Waals surface area contributed by atoms with Gasteiger partial charge in [0.15, 0.2) is 0 Å². The number of hydrogen-bond donors (Lipinski definition) is 0. The summed E-state index contributed by atoms with van der Waals surface area (Å²) in [6.45, 7) is 4.25. The van der Waals surface area contributed by atoms with Gasteiger partial charge >= 0.3 is 5.97 Å². The molecule has 0 bridgehead atoms. The molecule has 1 aliphatic heterocycles. The van der Waals surface area contributed by atoms with Crippen LogP contribution in [0.25, 0.3) is 0 Å². The Hall–Kier alpha value is -2.52. The van der Waals surface area contributed by atoms with E-state index in [1.54, 1.807) is 12.1 Å². The highest BCUT2D eigenvalue weighted by Gasteiger charge is 2.23. The van der Waals surface area contributed by atoms with Crippen LogP contribution < -0.4 is 4.90 Å². The van der Waals surface area contributed by atoms with E-state index in [4.69, 9.17) is 9.47 Å². The first-order chi connectivity index (χ1) is 12.6. The van der Waals surface area contributed by atoms with Gasteiger partial charge in [0, 0.05) is 24.5 Å². The van der Waals surface area contributed by atoms with E-state index >= 15 is 0 Å². The van der Waals surface area contributed by atoms with Crippen molar-refractivity contribution < 1.29 is 19.2 Å². The molecule has 138 valence electrons. The fraction of sp³-hybridized carbons (Fsp3) is 0.412. The van der Waals surface area contributed by atoms with E-state index in [9.17, 15) is 14.9 Å². The molecule has 2 aromatic rings. The number of benzene rings is 1. The normalized spacial score (nSPS) is 14.3. The molecule has 1 saturated heterocycles. The first-order valence-corrected chi connectivity index (χ1v) is 9.18. The number of esters is 1. The van der Waals surface area contributed by atoms with E-state index in [-0.39, 0.29) is 17.9 Å². The number of nitrogens with zero attached hydrogens (tertiary/aromatic N) is 3. The highest BCUT2D eigenvalue weighted by Crippen LogP contribution is 2.30. The monoisotopic (exact) mass is 377 g/mol. The molecule has 9 heteroatoms. The number of nitro groups is 1. The van der Waals surface area contributed by atoms with Gasteiger partial charge in [0.05, 0.1) is 34.4 Å². The number of anilines is 1. The van der Waals surface area contributed by atoms with Gasteiger partial charge in [0.1, 0.15) is 12.3 Å². The second kappa shape index (κ2) is 8.24. The Morgan fingerprint density at radius 3 is 2.85 bits per heavy atom. The van der Waals surface area contributed by atoms with Gasteiger partial charge in [-0.3, -0.25) is 10.1 Å². The van der Waals surface area contributed by atoms with Crippen LogP contribution in [0, 0.1) is 10.1 Å². The molecule has 26 heavy (non-hydrogen) atoms. The Morgan fingerprint density at radius 2 is 2.19 bits per heavy atom. The molecule has 0 atom stereocenters. The lowest BCUT2D eigenvalue weighted by Gasteiger charge is -2.28. The molecule has 0 N–H and O–H groups in total. The molecule has 8 nitrogen and oxygen atoms in total. The second-order valence-corrected chi connectivity index (χ2v) is 6.66. The predicted octanol–water partition coefficient (Wildman–Crippen LogP) is 2.81. The smallest absolute Gasteiger partial charge is 0.338 e. The molecule has 0 saturated carbocycles. The molecule has 1 aromatic carbocycles. The maximum Gasteiger partial charge on any atom is 0.338 e. The van der Waals surface area contributed by atoms with Crippen LogP contribution in [0.2, 0.25) is 0 Å². The van der Waals surface area contributed by atoms with Crippen LogP contribution in [0.15, 0.2) is 23.6 Å². The van der Waals surface area contributed by atoms with Crippen molar-refractivity contribution in [3.63, 3.8) is 0 Å². The lowest BCUT2D eigenvalue weighted by molar-refractivity contribution is -0.384. The van der Waals surface area contributed by atoms with Crippen molar-refractivity contribution in [1.82, 2.24) is 4.98 Å². The number of ether oxygens (including phenoxy) is 2. The summed E-state index contributed by atoms with van der Waals surface area (Å²) in [5.41, 5.74) is 1.21. The number of hydrogen-bond acceptors (Lipinski definition) is 8. The number of carbonyl (C=O) groups excluding carboxylic acids is 1. The molecule has 0 unspecified atom stereocenters. The quantitative estimate of drug-likeness (QED) is 0.434. The molecule has 0 spiro atoms. The van der Waals surface area contributed by atoms with Gasteiger partial charge in [-0.2, -0.15) is 0 Å². The summed E-state index contributed by atoms with van der Waals surface area (Å²) in [6, 6.07) is 4.42. The maximum absolute atomic E-state index is 12.3. The highest BCUT2D eigenvalue weighted by molar-refractivity contribution is 7.09. The van der Waals surface area contributed by atoms with Gasteiger partial charge in [0.25, 0.3) is 5.69 Å². The van der Waals surface area contributed by atoms with Gasteiger partial charge < -0.3 is 14.4 Å². The summed E-state index contributed by atoms with van der Waals surface area (Å²) >= 11 is 1.51. The van der Waals surface area contributed by atoms with Gasteiger partial charge in [0.2, 0.25) is 0 Å². The fourth-order valence-corrected chi connectivity index (χ4v) is 3.40. The molecule has 0 aliphatic carbocycles. The zero-order valence-corrected chi connectivity index (χ0v) is 15.2. The van der Waals surface area contributed by atoms with E-state index in [0.717, 1.165) is 11.4 Å². The van der Waals surface area contributed by atoms with E-state index in [1.807, 2.05) is 17.2 Å². The largest absolute Gasteiger partial charge is 0.456 e. The summed E-state index contributed by atoms with van der Waals surface area (Å²) in [5, 5.41) is 14.3. The fourth-order valence-electron chi connectivity index (χ4n) is 2.67. The van der Waals surface area contributed by atoms with Crippen molar-refractivity contribution in [2.75, 3.05) is 31.2 Å². The van der Waals surface area contributed by atoms with Crippen LogP contribution in [-0.4, -0.2) is 42.2 Å². The summed E-state index contributed by atoms with van der Waals surface area (Å²) in [7, 11) is 0. The number of rotatable bonds is 6. The van der Waals surface area contributed by atoms with Crippen LogP contribution in [0.4, 0.5) is 11.4 Å². The lowest BCUT2D eigenvalue weighted by atomic mass is 10.1. The van der Waals surface area contributed by atoms with Crippen molar-refractivity contribution in [3.8, 4) is 0 Å². The van der Waals surface area contributed by atoms with Crippen LogP contribution >= 0.6 is 11.3 Å². The minimum absolute atomic E-state index is 0.0499. The van der Waals surface area contributed by atoms with E-state index in [2.05, 4.69) is 4.98 Å². The SMILES string of the molecule is CCc1nc(COC(=O)c2ccc(N3CCOCC3)c([N+](=O)[O-])c2)cs1. The maximum atomic E-state index is 12.3. The first kappa shape index (κ1) is 18.3. The standard InChI is InChI=1S/C17H19N3O5S/c1-2-16-18-13(11-26-16)10-25-17(21)12-3-4-14(15(9-12)20(22)23)19-5-7-24-8-6-19/h3-4,9,11H,2,5-8,10H2,1H3. The second-order valence-electron chi connectivity index (χ2n) is 5.72. The predicted molar refractivity (Wildman–Crippen MR) is 96.7 cm³/mol. The number of morpholine rings is 1. The molecule has 1 aromatic heterocycles. The summed E-state index contributed by atoms with van der Waals surface area (Å²) < 4.78 is 10.5. The number of aryl methyl sites for hydroxylation is 1. The third-order valence-electron chi connectivity index (χ3n) is 4.01. The van der Waals surface area contributed by atoms with Crippen molar-refractivity contribution in [2.45, 2.75) is 20.0 Å². The number of aromatic nitrogens is 1. The average molecular weight is 377 g/mol. The molecular formula is C17H19N3O5S. The van der Waals surface area contributed by atoms with Crippen LogP contribution in [0.3, 0.4) is 0 Å². The Labute approximate surface area is 154 Å². The summed E-state index contributed by atoms with van der Waals surface area (Å²) in [6.07, 6.45) is 0.827. The first-order valence-electron chi connectivity index (χ1n) is 8.30. The van der Waals surface area contributed by atoms with Gasteiger partial charge in [-0.25, -0.2) is 9.78 Å². The molecule has 1 fully saturated rings. The third-order valence-corrected chi connectivity index (χ3v) is 5.05. The molecule has 1 aliphatic rings. The zero-order valence-electron chi connectivity index (χ0n) is 14.3. The topological polar surface area (TPSA) is 94.8 Å². The van der Waals surface area contributed by atoms with E-state index in [1.165, 1.54) is 17.4 Å². The van der Waals surface area contributed by atoms with E-state index in [0.29, 0.717) is 37.7 Å². The van der Waals surface area contributed by atoms with Crippen molar-refractivity contribution >= 4 is 28.7 Å². The average Bonchev–Trinajstić information content (AvgIpc) is 3.14. The highest BCUT2D eigenvalue weighted by atomic mass is 32.1. The minimum Gasteiger partial charge on any atom is -0.456 e. The summed E-state index contributed by atoms with van der Waals surface area (Å²) in [4.78, 5) is 29.4. The van der Waals surface area contributed by atoms with Gasteiger partial charge in [-0.05, 0) is 18.6 Å². The van der Waals surface area contributed by atoms with Crippen molar-refractivity contribution in [2.24, 2.45) is 0 Å². The lowest BCUT2D eigenvalue weighted by Crippen LogP contribution is -2.36. The third kappa shape index (κ3) is 4.17. The Balaban J connectivity index is 1.73. The Morgan fingerprint density at radius 1 is 1.42 bits per heavy atom. The van der Waals surface area contributed by atoms with E-state index < -0.39 is 10.9 Å². The van der Waals surface area contributed by atoms with Crippen LogP contribution in [-0.2, 0) is 22.5 Å². The number of carbonyl (C=O) groups is 1. The molecular weight excluding hydrogens is 358 g/mol.